The first-order chi connectivity index (χ1) is 9.06. The third-order valence-electron chi connectivity index (χ3n) is 2.56. The van der Waals surface area contributed by atoms with Crippen LogP contribution >= 0.6 is 31.9 Å². The molecular formula is C12H12Br2N4O. The Morgan fingerprint density at radius 3 is 2.58 bits per heavy atom. The number of halogens is 2. The molecule has 0 fully saturated rings. The van der Waals surface area contributed by atoms with Crippen LogP contribution in [0.15, 0.2) is 33.5 Å². The molecule has 0 aliphatic carbocycles. The van der Waals surface area contributed by atoms with Crippen LogP contribution in [0.4, 0.5) is 0 Å². The molecule has 1 aromatic heterocycles. The van der Waals surface area contributed by atoms with E-state index in [9.17, 15) is 4.79 Å². The Balaban J connectivity index is 1.92. The van der Waals surface area contributed by atoms with Gasteiger partial charge in [0.1, 0.15) is 12.2 Å². The van der Waals surface area contributed by atoms with Gasteiger partial charge in [-0.25, -0.2) is 0 Å². The summed E-state index contributed by atoms with van der Waals surface area (Å²) in [5, 5.41) is 10.6. The monoisotopic (exact) mass is 386 g/mol. The predicted molar refractivity (Wildman–Crippen MR) is 78.9 cm³/mol. The van der Waals surface area contributed by atoms with E-state index >= 15 is 0 Å². The van der Waals surface area contributed by atoms with Gasteiger partial charge in [0.25, 0.3) is 5.91 Å². The van der Waals surface area contributed by atoms with Gasteiger partial charge in [0.2, 0.25) is 0 Å². The van der Waals surface area contributed by atoms with E-state index in [1.165, 1.54) is 0 Å². The van der Waals surface area contributed by atoms with E-state index in [1.54, 1.807) is 18.5 Å². The number of aromatic nitrogens is 3. The summed E-state index contributed by atoms with van der Waals surface area (Å²) in [7, 11) is 1.88. The minimum atomic E-state index is -0.107. The summed E-state index contributed by atoms with van der Waals surface area (Å²) < 4.78 is 3.56. The Kier molecular flexibility index (Phi) is 4.71. The molecule has 0 spiro atoms. The molecule has 5 nitrogen and oxygen atoms in total. The largest absolute Gasteiger partial charge is 0.352 e. The van der Waals surface area contributed by atoms with Gasteiger partial charge in [0.15, 0.2) is 0 Å². The first-order valence-corrected chi connectivity index (χ1v) is 7.22. The molecule has 19 heavy (non-hydrogen) atoms. The van der Waals surface area contributed by atoms with Gasteiger partial charge in [-0.1, -0.05) is 31.9 Å². The Bertz CT molecular complexity index is 577. The van der Waals surface area contributed by atoms with E-state index < -0.39 is 0 Å². The maximum atomic E-state index is 12.0. The molecule has 0 unspecified atom stereocenters. The van der Waals surface area contributed by atoms with Crippen molar-refractivity contribution in [2.24, 2.45) is 7.05 Å². The van der Waals surface area contributed by atoms with Crippen molar-refractivity contribution >= 4 is 37.8 Å². The molecule has 0 bridgehead atoms. The predicted octanol–water partition coefficient (Wildman–Crippen LogP) is 2.31. The summed E-state index contributed by atoms with van der Waals surface area (Å²) in [5.74, 6) is 0.736. The topological polar surface area (TPSA) is 59.8 Å². The molecular weight excluding hydrogens is 376 g/mol. The molecule has 0 atom stereocenters. The van der Waals surface area contributed by atoms with E-state index in [-0.39, 0.29) is 5.91 Å². The number of nitrogens with zero attached hydrogens (tertiary/aromatic N) is 3. The second-order valence-corrected chi connectivity index (χ2v) is 5.85. The van der Waals surface area contributed by atoms with Gasteiger partial charge in [0.05, 0.1) is 0 Å². The molecule has 0 saturated carbocycles. The second-order valence-electron chi connectivity index (χ2n) is 4.02. The Labute approximate surface area is 127 Å². The molecule has 1 amide bonds. The van der Waals surface area contributed by atoms with Gasteiger partial charge in [-0.2, -0.15) is 0 Å². The smallest absolute Gasteiger partial charge is 0.251 e. The molecule has 1 heterocycles. The third kappa shape index (κ3) is 3.87. The zero-order chi connectivity index (χ0) is 13.8. The zero-order valence-corrected chi connectivity index (χ0v) is 13.4. The van der Waals surface area contributed by atoms with Crippen LogP contribution in [0.1, 0.15) is 16.2 Å². The SMILES string of the molecule is Cn1cnnc1CCNC(=O)c1cc(Br)cc(Br)c1. The molecule has 0 radical (unpaired) electrons. The van der Waals surface area contributed by atoms with E-state index in [0.717, 1.165) is 14.8 Å². The van der Waals surface area contributed by atoms with E-state index in [0.29, 0.717) is 18.5 Å². The van der Waals surface area contributed by atoms with Crippen LogP contribution in [-0.4, -0.2) is 27.2 Å². The van der Waals surface area contributed by atoms with Gasteiger partial charge in [-0.15, -0.1) is 10.2 Å². The van der Waals surface area contributed by atoms with Crippen LogP contribution < -0.4 is 5.32 Å². The lowest BCUT2D eigenvalue weighted by molar-refractivity contribution is 0.0954. The average Bonchev–Trinajstić information content (AvgIpc) is 2.74. The number of carbonyl (C=O) groups is 1. The third-order valence-corrected chi connectivity index (χ3v) is 3.48. The number of amides is 1. The summed E-state index contributed by atoms with van der Waals surface area (Å²) in [5.41, 5.74) is 0.610. The van der Waals surface area contributed by atoms with E-state index in [4.69, 9.17) is 0 Å². The summed E-state index contributed by atoms with van der Waals surface area (Å²) in [6.07, 6.45) is 2.29. The fourth-order valence-corrected chi connectivity index (χ4v) is 2.90. The van der Waals surface area contributed by atoms with Crippen molar-refractivity contribution in [3.63, 3.8) is 0 Å². The number of hydrogen-bond acceptors (Lipinski definition) is 3. The van der Waals surface area contributed by atoms with Crippen LogP contribution in [0, 0.1) is 0 Å². The molecule has 0 saturated heterocycles. The molecule has 7 heteroatoms. The van der Waals surface area contributed by atoms with Gasteiger partial charge in [0, 0.05) is 34.5 Å². The Hall–Kier alpha value is -1.21. The van der Waals surface area contributed by atoms with Crippen molar-refractivity contribution in [1.82, 2.24) is 20.1 Å². The molecule has 1 aromatic carbocycles. The van der Waals surface area contributed by atoms with E-state index in [1.807, 2.05) is 17.7 Å². The molecule has 100 valence electrons. The summed E-state index contributed by atoms with van der Waals surface area (Å²) >= 11 is 6.72. The second kappa shape index (κ2) is 6.29. The lowest BCUT2D eigenvalue weighted by Gasteiger charge is -2.06. The average molecular weight is 388 g/mol. The zero-order valence-electron chi connectivity index (χ0n) is 10.2. The lowest BCUT2D eigenvalue weighted by Crippen LogP contribution is -2.26. The number of carbonyl (C=O) groups excluding carboxylic acids is 1. The van der Waals surface area contributed by atoms with Crippen LogP contribution in [-0.2, 0) is 13.5 Å². The summed E-state index contributed by atoms with van der Waals surface area (Å²) in [6, 6.07) is 5.45. The minimum absolute atomic E-state index is 0.107. The Morgan fingerprint density at radius 2 is 2.00 bits per heavy atom. The highest BCUT2D eigenvalue weighted by molar-refractivity contribution is 9.11. The maximum Gasteiger partial charge on any atom is 0.251 e. The number of hydrogen-bond donors (Lipinski definition) is 1. The van der Waals surface area contributed by atoms with Crippen molar-refractivity contribution in [3.8, 4) is 0 Å². The number of aryl methyl sites for hydroxylation is 1. The molecule has 2 aromatic rings. The van der Waals surface area contributed by atoms with Crippen molar-refractivity contribution in [2.75, 3.05) is 6.54 Å². The first kappa shape index (κ1) is 14.2. The summed E-state index contributed by atoms with van der Waals surface area (Å²) in [6.45, 7) is 0.523. The van der Waals surface area contributed by atoms with Crippen LogP contribution in [0.5, 0.6) is 0 Å². The quantitative estimate of drug-likeness (QED) is 0.875. The highest BCUT2D eigenvalue weighted by Gasteiger charge is 2.08. The number of benzene rings is 1. The Morgan fingerprint density at radius 1 is 1.32 bits per heavy atom. The van der Waals surface area contributed by atoms with Crippen molar-refractivity contribution in [3.05, 3.63) is 44.9 Å². The van der Waals surface area contributed by atoms with Crippen molar-refractivity contribution in [1.29, 1.82) is 0 Å². The highest BCUT2D eigenvalue weighted by atomic mass is 79.9. The molecule has 2 rings (SSSR count). The fraction of sp³-hybridized carbons (Fsp3) is 0.250. The minimum Gasteiger partial charge on any atom is -0.352 e. The maximum absolute atomic E-state index is 12.0. The standard InChI is InChI=1S/C12H12Br2N4O/c1-18-7-16-17-11(18)2-3-15-12(19)8-4-9(13)6-10(14)5-8/h4-7H,2-3H2,1H3,(H,15,19). The first-order valence-electron chi connectivity index (χ1n) is 5.63. The molecule has 0 aliphatic rings. The van der Waals surface area contributed by atoms with Crippen LogP contribution in [0.25, 0.3) is 0 Å². The lowest BCUT2D eigenvalue weighted by atomic mass is 10.2. The fourth-order valence-electron chi connectivity index (χ4n) is 1.61. The van der Waals surface area contributed by atoms with Crippen LogP contribution in [0.2, 0.25) is 0 Å². The molecule has 1 N–H and O–H groups in total. The summed E-state index contributed by atoms with van der Waals surface area (Å²) in [4.78, 5) is 12.0. The normalized spacial score (nSPS) is 10.5. The van der Waals surface area contributed by atoms with Gasteiger partial charge >= 0.3 is 0 Å². The van der Waals surface area contributed by atoms with Crippen LogP contribution in [0.3, 0.4) is 0 Å². The van der Waals surface area contributed by atoms with Gasteiger partial charge in [-0.05, 0) is 18.2 Å². The van der Waals surface area contributed by atoms with Crippen molar-refractivity contribution < 1.29 is 4.79 Å². The van der Waals surface area contributed by atoms with Gasteiger partial charge in [-0.3, -0.25) is 4.79 Å². The molecule has 0 aliphatic heterocycles. The number of rotatable bonds is 4. The van der Waals surface area contributed by atoms with Gasteiger partial charge < -0.3 is 9.88 Å². The highest BCUT2D eigenvalue weighted by Crippen LogP contribution is 2.19. The van der Waals surface area contributed by atoms with Crippen molar-refractivity contribution in [2.45, 2.75) is 6.42 Å². The number of nitrogens with one attached hydrogen (secondary N) is 1. The van der Waals surface area contributed by atoms with E-state index in [2.05, 4.69) is 47.4 Å².